The standard InChI is InChI=1S/C11H14FNO2/c1-3-6-15-11(14)13-9-4-5-10(12)8(2)7-9/h4-5,7H,3,6H2,1-2H3,(H,13,14). The molecule has 0 aliphatic carbocycles. The number of amides is 1. The highest BCUT2D eigenvalue weighted by molar-refractivity contribution is 5.84. The van der Waals surface area contributed by atoms with Gasteiger partial charge in [-0.3, -0.25) is 5.32 Å². The minimum Gasteiger partial charge on any atom is -0.449 e. The fraction of sp³-hybridized carbons (Fsp3) is 0.364. The molecule has 0 atom stereocenters. The summed E-state index contributed by atoms with van der Waals surface area (Å²) >= 11 is 0. The molecule has 0 saturated carbocycles. The van der Waals surface area contributed by atoms with E-state index in [9.17, 15) is 9.18 Å². The summed E-state index contributed by atoms with van der Waals surface area (Å²) in [5.74, 6) is -0.289. The molecular formula is C11H14FNO2. The Balaban J connectivity index is 2.57. The molecule has 1 aromatic carbocycles. The van der Waals surface area contributed by atoms with Gasteiger partial charge in [-0.15, -0.1) is 0 Å². The van der Waals surface area contributed by atoms with Gasteiger partial charge in [-0.1, -0.05) is 6.92 Å². The van der Waals surface area contributed by atoms with Crippen LogP contribution in [0, 0.1) is 12.7 Å². The predicted octanol–water partition coefficient (Wildman–Crippen LogP) is 3.09. The van der Waals surface area contributed by atoms with E-state index in [-0.39, 0.29) is 5.82 Å². The number of carbonyl (C=O) groups excluding carboxylic acids is 1. The van der Waals surface area contributed by atoms with E-state index < -0.39 is 6.09 Å². The first-order chi connectivity index (χ1) is 7.13. The maximum absolute atomic E-state index is 12.9. The summed E-state index contributed by atoms with van der Waals surface area (Å²) in [5, 5.41) is 2.52. The lowest BCUT2D eigenvalue weighted by molar-refractivity contribution is 0.161. The molecule has 1 amide bonds. The highest BCUT2D eigenvalue weighted by Crippen LogP contribution is 2.13. The minimum atomic E-state index is -0.511. The van der Waals surface area contributed by atoms with Gasteiger partial charge in [0.15, 0.2) is 0 Å². The van der Waals surface area contributed by atoms with Crippen molar-refractivity contribution in [1.82, 2.24) is 0 Å². The van der Waals surface area contributed by atoms with Gasteiger partial charge < -0.3 is 4.74 Å². The van der Waals surface area contributed by atoms with Crippen molar-refractivity contribution in [2.24, 2.45) is 0 Å². The molecule has 0 fully saturated rings. The average molecular weight is 211 g/mol. The van der Waals surface area contributed by atoms with Gasteiger partial charge in [0, 0.05) is 5.69 Å². The zero-order chi connectivity index (χ0) is 11.3. The number of hydrogen-bond acceptors (Lipinski definition) is 2. The Morgan fingerprint density at radius 3 is 2.87 bits per heavy atom. The summed E-state index contributed by atoms with van der Waals surface area (Å²) in [5.41, 5.74) is 1.03. The second-order valence-corrected chi connectivity index (χ2v) is 3.22. The van der Waals surface area contributed by atoms with Crippen molar-refractivity contribution in [2.45, 2.75) is 20.3 Å². The molecule has 1 rings (SSSR count). The Morgan fingerprint density at radius 1 is 1.53 bits per heavy atom. The maximum atomic E-state index is 12.9. The van der Waals surface area contributed by atoms with E-state index in [0.717, 1.165) is 6.42 Å². The zero-order valence-corrected chi connectivity index (χ0v) is 8.84. The van der Waals surface area contributed by atoms with Crippen LogP contribution in [0.25, 0.3) is 0 Å². The SMILES string of the molecule is CCCOC(=O)Nc1ccc(F)c(C)c1. The molecule has 1 aromatic rings. The highest BCUT2D eigenvalue weighted by Gasteiger charge is 2.04. The Hall–Kier alpha value is -1.58. The molecule has 0 aromatic heterocycles. The van der Waals surface area contributed by atoms with Gasteiger partial charge in [0.05, 0.1) is 6.61 Å². The van der Waals surface area contributed by atoms with Crippen molar-refractivity contribution in [1.29, 1.82) is 0 Å². The summed E-state index contributed by atoms with van der Waals surface area (Å²) in [6, 6.07) is 4.36. The molecule has 1 N–H and O–H groups in total. The van der Waals surface area contributed by atoms with Crippen LogP contribution < -0.4 is 5.32 Å². The number of carbonyl (C=O) groups is 1. The van der Waals surface area contributed by atoms with Crippen molar-refractivity contribution in [2.75, 3.05) is 11.9 Å². The third-order valence-electron chi connectivity index (χ3n) is 1.84. The van der Waals surface area contributed by atoms with Crippen LogP contribution in [-0.4, -0.2) is 12.7 Å². The second-order valence-electron chi connectivity index (χ2n) is 3.22. The number of aryl methyl sites for hydroxylation is 1. The van der Waals surface area contributed by atoms with Crippen LogP contribution in [-0.2, 0) is 4.74 Å². The summed E-state index contributed by atoms with van der Waals surface area (Å²) in [6.45, 7) is 3.93. The third-order valence-corrected chi connectivity index (χ3v) is 1.84. The van der Waals surface area contributed by atoms with Gasteiger partial charge >= 0.3 is 6.09 Å². The number of rotatable bonds is 3. The summed E-state index contributed by atoms with van der Waals surface area (Å²) in [4.78, 5) is 11.1. The van der Waals surface area contributed by atoms with Crippen LogP contribution in [0.15, 0.2) is 18.2 Å². The molecule has 0 bridgehead atoms. The lowest BCUT2D eigenvalue weighted by Crippen LogP contribution is -2.14. The molecule has 15 heavy (non-hydrogen) atoms. The molecule has 4 heteroatoms. The molecule has 0 aliphatic rings. The van der Waals surface area contributed by atoms with Crippen LogP contribution in [0.3, 0.4) is 0 Å². The first-order valence-corrected chi connectivity index (χ1v) is 4.83. The number of halogens is 1. The minimum absolute atomic E-state index is 0.289. The summed E-state index contributed by atoms with van der Waals surface area (Å²) in [6.07, 6.45) is 0.262. The number of ether oxygens (including phenoxy) is 1. The fourth-order valence-corrected chi connectivity index (χ4v) is 1.07. The van der Waals surface area contributed by atoms with Crippen LogP contribution in [0.5, 0.6) is 0 Å². The Bertz CT molecular complexity index is 352. The van der Waals surface area contributed by atoms with Gasteiger partial charge in [0.2, 0.25) is 0 Å². The topological polar surface area (TPSA) is 38.3 Å². The lowest BCUT2D eigenvalue weighted by Gasteiger charge is -2.06. The van der Waals surface area contributed by atoms with Crippen molar-refractivity contribution in [3.63, 3.8) is 0 Å². The maximum Gasteiger partial charge on any atom is 0.411 e. The van der Waals surface area contributed by atoms with E-state index in [4.69, 9.17) is 4.74 Å². The highest BCUT2D eigenvalue weighted by atomic mass is 19.1. The number of anilines is 1. The van der Waals surface area contributed by atoms with E-state index in [1.54, 1.807) is 13.0 Å². The first-order valence-electron chi connectivity index (χ1n) is 4.83. The largest absolute Gasteiger partial charge is 0.449 e. The summed E-state index contributed by atoms with van der Waals surface area (Å²) < 4.78 is 17.7. The quantitative estimate of drug-likeness (QED) is 0.834. The average Bonchev–Trinajstić information content (AvgIpc) is 2.20. The lowest BCUT2D eigenvalue weighted by atomic mass is 10.2. The monoisotopic (exact) mass is 211 g/mol. The second kappa shape index (κ2) is 5.34. The molecule has 0 radical (unpaired) electrons. The van der Waals surface area contributed by atoms with E-state index in [1.807, 2.05) is 6.92 Å². The van der Waals surface area contributed by atoms with Gasteiger partial charge in [-0.25, -0.2) is 9.18 Å². The number of benzene rings is 1. The van der Waals surface area contributed by atoms with Gasteiger partial charge in [0.25, 0.3) is 0 Å². The van der Waals surface area contributed by atoms with Crippen molar-refractivity contribution >= 4 is 11.8 Å². The zero-order valence-electron chi connectivity index (χ0n) is 8.84. The Labute approximate surface area is 88.2 Å². The van der Waals surface area contributed by atoms with E-state index in [1.165, 1.54) is 12.1 Å². The summed E-state index contributed by atoms with van der Waals surface area (Å²) in [7, 11) is 0. The van der Waals surface area contributed by atoms with Crippen LogP contribution in [0.4, 0.5) is 14.9 Å². The predicted molar refractivity (Wildman–Crippen MR) is 56.4 cm³/mol. The Morgan fingerprint density at radius 2 is 2.27 bits per heavy atom. The van der Waals surface area contributed by atoms with E-state index >= 15 is 0 Å². The third kappa shape index (κ3) is 3.58. The van der Waals surface area contributed by atoms with Crippen molar-refractivity contribution < 1.29 is 13.9 Å². The first kappa shape index (κ1) is 11.5. The Kier molecular flexibility index (Phi) is 4.09. The molecule has 0 spiro atoms. The fourth-order valence-electron chi connectivity index (χ4n) is 1.07. The molecule has 0 unspecified atom stereocenters. The molecule has 0 aliphatic heterocycles. The number of nitrogens with one attached hydrogen (secondary N) is 1. The smallest absolute Gasteiger partial charge is 0.411 e. The molecule has 82 valence electrons. The normalized spacial score (nSPS) is 9.80. The molecule has 3 nitrogen and oxygen atoms in total. The van der Waals surface area contributed by atoms with Gasteiger partial charge in [-0.2, -0.15) is 0 Å². The van der Waals surface area contributed by atoms with E-state index in [2.05, 4.69) is 5.32 Å². The number of hydrogen-bond donors (Lipinski definition) is 1. The van der Waals surface area contributed by atoms with E-state index in [0.29, 0.717) is 17.9 Å². The molecular weight excluding hydrogens is 197 g/mol. The van der Waals surface area contributed by atoms with Gasteiger partial charge in [-0.05, 0) is 37.1 Å². The molecule has 0 heterocycles. The van der Waals surface area contributed by atoms with Crippen LogP contribution in [0.2, 0.25) is 0 Å². The van der Waals surface area contributed by atoms with Crippen molar-refractivity contribution in [3.8, 4) is 0 Å². The van der Waals surface area contributed by atoms with Gasteiger partial charge in [0.1, 0.15) is 5.82 Å². The van der Waals surface area contributed by atoms with Crippen LogP contribution in [0.1, 0.15) is 18.9 Å². The van der Waals surface area contributed by atoms with Crippen molar-refractivity contribution in [3.05, 3.63) is 29.6 Å². The van der Waals surface area contributed by atoms with Crippen LogP contribution >= 0.6 is 0 Å². The molecule has 0 saturated heterocycles.